The van der Waals surface area contributed by atoms with E-state index < -0.39 is 0 Å². The van der Waals surface area contributed by atoms with Crippen molar-refractivity contribution in [2.24, 2.45) is 5.92 Å². The summed E-state index contributed by atoms with van der Waals surface area (Å²) in [5.41, 5.74) is 1.79. The average molecular weight is 318 g/mol. The molecule has 0 unspecified atom stereocenters. The SMILES string of the molecule is CC.COc1cc(C)ccc1C(=O)N1CCN(CC2CC2)CC1. The van der Waals surface area contributed by atoms with E-state index in [-0.39, 0.29) is 5.91 Å². The normalized spacial score (nSPS) is 18.2. The Morgan fingerprint density at radius 2 is 1.83 bits per heavy atom. The average Bonchev–Trinajstić information content (AvgIpc) is 3.40. The molecular formula is C19H30N2O2. The van der Waals surface area contributed by atoms with Crippen molar-refractivity contribution in [2.45, 2.75) is 33.6 Å². The van der Waals surface area contributed by atoms with Crippen LogP contribution in [0.1, 0.15) is 42.6 Å². The number of benzene rings is 1. The maximum atomic E-state index is 12.7. The summed E-state index contributed by atoms with van der Waals surface area (Å²) in [6, 6.07) is 5.78. The van der Waals surface area contributed by atoms with Gasteiger partial charge in [0.1, 0.15) is 5.75 Å². The Labute approximate surface area is 140 Å². The minimum absolute atomic E-state index is 0.0953. The van der Waals surface area contributed by atoms with E-state index in [1.807, 2.05) is 43.9 Å². The molecule has 1 aromatic carbocycles. The molecule has 4 nitrogen and oxygen atoms in total. The van der Waals surface area contributed by atoms with Crippen LogP contribution in [0.3, 0.4) is 0 Å². The highest BCUT2D eigenvalue weighted by atomic mass is 16.5. The molecule has 1 aromatic rings. The summed E-state index contributed by atoms with van der Waals surface area (Å²) in [7, 11) is 1.62. The van der Waals surface area contributed by atoms with Gasteiger partial charge in [0.15, 0.2) is 0 Å². The lowest BCUT2D eigenvalue weighted by molar-refractivity contribution is 0.0629. The van der Waals surface area contributed by atoms with Crippen molar-refractivity contribution in [2.75, 3.05) is 39.8 Å². The third kappa shape index (κ3) is 4.71. The maximum Gasteiger partial charge on any atom is 0.257 e. The molecule has 2 aliphatic rings. The Kier molecular flexibility index (Phi) is 6.46. The first kappa shape index (κ1) is 17.8. The lowest BCUT2D eigenvalue weighted by Crippen LogP contribution is -2.49. The van der Waals surface area contributed by atoms with Crippen LogP contribution in [0, 0.1) is 12.8 Å². The van der Waals surface area contributed by atoms with Crippen LogP contribution in [0.4, 0.5) is 0 Å². The fourth-order valence-corrected chi connectivity index (χ4v) is 2.94. The Bertz CT molecular complexity index is 518. The Morgan fingerprint density at radius 3 is 2.39 bits per heavy atom. The molecule has 1 saturated carbocycles. The first-order valence-electron chi connectivity index (χ1n) is 8.83. The van der Waals surface area contributed by atoms with Gasteiger partial charge in [0, 0.05) is 32.7 Å². The predicted molar refractivity (Wildman–Crippen MR) is 94.1 cm³/mol. The summed E-state index contributed by atoms with van der Waals surface area (Å²) in [4.78, 5) is 17.1. The lowest BCUT2D eigenvalue weighted by Gasteiger charge is -2.35. The van der Waals surface area contributed by atoms with E-state index in [9.17, 15) is 4.79 Å². The molecule has 0 N–H and O–H groups in total. The number of aryl methyl sites for hydroxylation is 1. The molecule has 23 heavy (non-hydrogen) atoms. The highest BCUT2D eigenvalue weighted by Gasteiger charge is 2.28. The minimum atomic E-state index is 0.0953. The first-order valence-corrected chi connectivity index (χ1v) is 8.83. The topological polar surface area (TPSA) is 32.8 Å². The molecule has 1 saturated heterocycles. The number of carbonyl (C=O) groups excluding carboxylic acids is 1. The van der Waals surface area contributed by atoms with E-state index in [0.29, 0.717) is 11.3 Å². The highest BCUT2D eigenvalue weighted by molar-refractivity contribution is 5.97. The van der Waals surface area contributed by atoms with Gasteiger partial charge in [-0.3, -0.25) is 9.69 Å². The van der Waals surface area contributed by atoms with Gasteiger partial charge >= 0.3 is 0 Å². The first-order chi connectivity index (χ1) is 11.2. The number of amides is 1. The largest absolute Gasteiger partial charge is 0.496 e. The lowest BCUT2D eigenvalue weighted by atomic mass is 10.1. The van der Waals surface area contributed by atoms with Crippen molar-refractivity contribution in [3.63, 3.8) is 0 Å². The second-order valence-electron chi connectivity index (χ2n) is 6.24. The van der Waals surface area contributed by atoms with Crippen LogP contribution in [-0.2, 0) is 0 Å². The Hall–Kier alpha value is -1.55. The van der Waals surface area contributed by atoms with Crippen molar-refractivity contribution in [1.82, 2.24) is 9.80 Å². The van der Waals surface area contributed by atoms with Gasteiger partial charge in [-0.25, -0.2) is 0 Å². The highest BCUT2D eigenvalue weighted by Crippen LogP contribution is 2.30. The maximum absolute atomic E-state index is 12.7. The number of piperazine rings is 1. The van der Waals surface area contributed by atoms with Crippen LogP contribution >= 0.6 is 0 Å². The molecule has 4 heteroatoms. The van der Waals surface area contributed by atoms with Crippen LogP contribution in [0.2, 0.25) is 0 Å². The van der Waals surface area contributed by atoms with Crippen molar-refractivity contribution in [1.29, 1.82) is 0 Å². The molecule has 3 rings (SSSR count). The van der Waals surface area contributed by atoms with E-state index >= 15 is 0 Å². The van der Waals surface area contributed by atoms with Crippen LogP contribution in [0.5, 0.6) is 5.75 Å². The Morgan fingerprint density at radius 1 is 1.17 bits per heavy atom. The van der Waals surface area contributed by atoms with Gasteiger partial charge in [-0.05, 0) is 43.4 Å². The van der Waals surface area contributed by atoms with E-state index in [2.05, 4.69) is 4.90 Å². The zero-order chi connectivity index (χ0) is 16.8. The summed E-state index contributed by atoms with van der Waals surface area (Å²) in [6.07, 6.45) is 2.78. The van der Waals surface area contributed by atoms with Crippen molar-refractivity contribution < 1.29 is 9.53 Å². The van der Waals surface area contributed by atoms with E-state index in [1.54, 1.807) is 7.11 Å². The summed E-state index contributed by atoms with van der Waals surface area (Å²) < 4.78 is 5.36. The molecule has 1 aliphatic heterocycles. The minimum Gasteiger partial charge on any atom is -0.496 e. The molecule has 0 spiro atoms. The zero-order valence-electron chi connectivity index (χ0n) is 15.0. The van der Waals surface area contributed by atoms with Gasteiger partial charge in [0.25, 0.3) is 5.91 Å². The van der Waals surface area contributed by atoms with Gasteiger partial charge < -0.3 is 9.64 Å². The second kappa shape index (κ2) is 8.34. The number of methoxy groups -OCH3 is 1. The Balaban J connectivity index is 0.000000924. The van der Waals surface area contributed by atoms with Gasteiger partial charge in [-0.15, -0.1) is 0 Å². The number of hydrogen-bond donors (Lipinski definition) is 0. The second-order valence-corrected chi connectivity index (χ2v) is 6.24. The number of rotatable bonds is 4. The molecule has 1 aliphatic carbocycles. The van der Waals surface area contributed by atoms with Gasteiger partial charge in [-0.1, -0.05) is 19.9 Å². The predicted octanol–water partition coefficient (Wildman–Crippen LogP) is 3.20. The number of nitrogens with zero attached hydrogens (tertiary/aromatic N) is 2. The molecule has 2 fully saturated rings. The molecule has 0 aromatic heterocycles. The quantitative estimate of drug-likeness (QED) is 0.854. The number of carbonyl (C=O) groups is 1. The molecule has 0 bridgehead atoms. The monoisotopic (exact) mass is 318 g/mol. The standard InChI is InChI=1S/C17H24N2O2.C2H6/c1-13-3-6-15(16(11-13)21-2)17(20)19-9-7-18(8-10-19)12-14-4-5-14;1-2/h3,6,11,14H,4-5,7-10,12H2,1-2H3;1-2H3. The fourth-order valence-electron chi connectivity index (χ4n) is 2.94. The summed E-state index contributed by atoms with van der Waals surface area (Å²) >= 11 is 0. The van der Waals surface area contributed by atoms with Crippen molar-refractivity contribution in [3.05, 3.63) is 29.3 Å². The van der Waals surface area contributed by atoms with Crippen LogP contribution in [0.25, 0.3) is 0 Å². The summed E-state index contributed by atoms with van der Waals surface area (Å²) in [6.45, 7) is 10.9. The molecule has 0 radical (unpaired) electrons. The summed E-state index contributed by atoms with van der Waals surface area (Å²) in [5, 5.41) is 0. The molecule has 0 atom stereocenters. The van der Waals surface area contributed by atoms with Gasteiger partial charge in [0.05, 0.1) is 12.7 Å². The van der Waals surface area contributed by atoms with Crippen molar-refractivity contribution in [3.8, 4) is 5.75 Å². The molecular weight excluding hydrogens is 288 g/mol. The summed E-state index contributed by atoms with van der Waals surface area (Å²) in [5.74, 6) is 1.70. The molecule has 1 heterocycles. The van der Waals surface area contributed by atoms with Crippen LogP contribution in [0.15, 0.2) is 18.2 Å². The third-order valence-electron chi connectivity index (χ3n) is 4.46. The van der Waals surface area contributed by atoms with Gasteiger partial charge in [0.2, 0.25) is 0 Å². The fraction of sp³-hybridized carbons (Fsp3) is 0.632. The van der Waals surface area contributed by atoms with E-state index in [1.165, 1.54) is 19.4 Å². The zero-order valence-corrected chi connectivity index (χ0v) is 15.0. The number of ether oxygens (including phenoxy) is 1. The molecule has 1 amide bonds. The van der Waals surface area contributed by atoms with E-state index in [0.717, 1.165) is 37.7 Å². The van der Waals surface area contributed by atoms with E-state index in [4.69, 9.17) is 4.74 Å². The van der Waals surface area contributed by atoms with Crippen molar-refractivity contribution >= 4 is 5.91 Å². The molecule has 128 valence electrons. The van der Waals surface area contributed by atoms with Crippen LogP contribution < -0.4 is 4.74 Å². The third-order valence-corrected chi connectivity index (χ3v) is 4.46. The van der Waals surface area contributed by atoms with Gasteiger partial charge in [-0.2, -0.15) is 0 Å². The van der Waals surface area contributed by atoms with Crippen LogP contribution in [-0.4, -0.2) is 55.5 Å². The smallest absolute Gasteiger partial charge is 0.257 e. The number of hydrogen-bond acceptors (Lipinski definition) is 3.